The van der Waals surface area contributed by atoms with Crippen LogP contribution in [0.25, 0.3) is 0 Å². The Morgan fingerprint density at radius 1 is 1.22 bits per heavy atom. The molecule has 1 nitrogen and oxygen atoms in total. The van der Waals surface area contributed by atoms with Crippen LogP contribution in [0.15, 0.2) is 36.6 Å². The highest BCUT2D eigenvalue weighted by atomic mass is 16.2. The Bertz CT molecular complexity index is 189. The fourth-order valence-electron chi connectivity index (χ4n) is 0.609. The van der Waals surface area contributed by atoms with Crippen molar-refractivity contribution in [2.24, 2.45) is 0 Å². The van der Waals surface area contributed by atoms with Crippen molar-refractivity contribution in [3.05, 3.63) is 48.2 Å². The highest BCUT2D eigenvalue weighted by Gasteiger charge is 1.79. The summed E-state index contributed by atoms with van der Waals surface area (Å²) >= 11 is 0. The van der Waals surface area contributed by atoms with Crippen molar-refractivity contribution < 1.29 is 5.11 Å². The number of aliphatic hydroxyl groups is 1. The quantitative estimate of drug-likeness (QED) is 0.560. The summed E-state index contributed by atoms with van der Waals surface area (Å²) in [5, 5.41) is 8.28. The van der Waals surface area contributed by atoms with Crippen LogP contribution in [-0.4, -0.2) is 5.11 Å². The topological polar surface area (TPSA) is 20.2 Å². The molecule has 0 saturated carbocycles. The Hall–Kier alpha value is -1.24. The van der Waals surface area contributed by atoms with Gasteiger partial charge in [0.1, 0.15) is 0 Å². The summed E-state index contributed by atoms with van der Waals surface area (Å²) in [7, 11) is 0. The van der Waals surface area contributed by atoms with Crippen molar-refractivity contribution >= 4 is 0 Å². The summed E-state index contributed by atoms with van der Waals surface area (Å²) < 4.78 is 0. The predicted octanol–water partition coefficient (Wildman–Crippen LogP) is 1.91. The standard InChI is InChI=1S/C8H7O/c9-7-6-8-4-2-1-3-5-8/h1-5,7,9H. The molecule has 45 valence electrons. The van der Waals surface area contributed by atoms with E-state index in [2.05, 4.69) is 6.08 Å². The molecule has 1 aromatic carbocycles. The zero-order valence-corrected chi connectivity index (χ0v) is 4.91. The SMILES string of the molecule is O/C=[C]/c1ccccc1. The fraction of sp³-hybridized carbons (Fsp3) is 0. The lowest BCUT2D eigenvalue weighted by atomic mass is 10.2. The molecule has 0 fully saturated rings. The highest BCUT2D eigenvalue weighted by Crippen LogP contribution is 1.96. The molecule has 0 aliphatic rings. The van der Waals surface area contributed by atoms with E-state index in [1.165, 1.54) is 0 Å². The second-order valence-electron chi connectivity index (χ2n) is 1.64. The molecular weight excluding hydrogens is 112 g/mol. The molecule has 0 aromatic heterocycles. The summed E-state index contributed by atoms with van der Waals surface area (Å²) in [4.78, 5) is 0. The maximum absolute atomic E-state index is 8.28. The van der Waals surface area contributed by atoms with Crippen LogP contribution in [0.1, 0.15) is 5.56 Å². The molecule has 0 atom stereocenters. The molecular formula is C8H7O. The third-order valence-electron chi connectivity index (χ3n) is 1.01. The third-order valence-corrected chi connectivity index (χ3v) is 1.01. The van der Waals surface area contributed by atoms with Gasteiger partial charge in [0.25, 0.3) is 0 Å². The van der Waals surface area contributed by atoms with Gasteiger partial charge in [-0.15, -0.1) is 0 Å². The highest BCUT2D eigenvalue weighted by molar-refractivity contribution is 5.20. The van der Waals surface area contributed by atoms with Crippen molar-refractivity contribution in [3.8, 4) is 0 Å². The molecule has 1 rings (SSSR count). The first-order chi connectivity index (χ1) is 4.43. The fourth-order valence-corrected chi connectivity index (χ4v) is 0.609. The van der Waals surface area contributed by atoms with Crippen molar-refractivity contribution in [2.75, 3.05) is 0 Å². The Labute approximate surface area is 54.3 Å². The van der Waals surface area contributed by atoms with Crippen LogP contribution in [-0.2, 0) is 0 Å². The van der Waals surface area contributed by atoms with Crippen molar-refractivity contribution in [1.29, 1.82) is 0 Å². The van der Waals surface area contributed by atoms with Gasteiger partial charge >= 0.3 is 0 Å². The van der Waals surface area contributed by atoms with Gasteiger partial charge in [-0.25, -0.2) is 0 Å². The molecule has 0 unspecified atom stereocenters. The first kappa shape index (κ1) is 5.89. The van der Waals surface area contributed by atoms with E-state index in [-0.39, 0.29) is 0 Å². The van der Waals surface area contributed by atoms with E-state index >= 15 is 0 Å². The van der Waals surface area contributed by atoms with E-state index < -0.39 is 0 Å². The Kier molecular flexibility index (Phi) is 1.91. The smallest absolute Gasteiger partial charge is 0.0877 e. The summed E-state index contributed by atoms with van der Waals surface area (Å²) in [6, 6.07) is 9.44. The van der Waals surface area contributed by atoms with Crippen LogP contribution in [0.2, 0.25) is 0 Å². The van der Waals surface area contributed by atoms with E-state index in [1.807, 2.05) is 30.3 Å². The van der Waals surface area contributed by atoms with Crippen LogP contribution in [0.3, 0.4) is 0 Å². The van der Waals surface area contributed by atoms with E-state index in [0.717, 1.165) is 11.8 Å². The molecule has 0 amide bonds. The van der Waals surface area contributed by atoms with Gasteiger partial charge in [0.2, 0.25) is 0 Å². The first-order valence-corrected chi connectivity index (χ1v) is 2.71. The molecule has 0 bridgehead atoms. The Balaban J connectivity index is 2.85. The monoisotopic (exact) mass is 119 g/mol. The van der Waals surface area contributed by atoms with Crippen LogP contribution >= 0.6 is 0 Å². The van der Waals surface area contributed by atoms with Crippen LogP contribution in [0, 0.1) is 6.08 Å². The molecule has 0 saturated heterocycles. The molecule has 0 heterocycles. The molecule has 0 spiro atoms. The summed E-state index contributed by atoms with van der Waals surface area (Å²) in [5.41, 5.74) is 0.889. The molecule has 1 heteroatoms. The average Bonchev–Trinajstić information content (AvgIpc) is 1.91. The minimum atomic E-state index is 0.889. The van der Waals surface area contributed by atoms with E-state index in [1.54, 1.807) is 0 Å². The molecule has 1 N–H and O–H groups in total. The van der Waals surface area contributed by atoms with Crippen molar-refractivity contribution in [1.82, 2.24) is 0 Å². The number of hydrogen-bond acceptors (Lipinski definition) is 1. The zero-order valence-electron chi connectivity index (χ0n) is 4.91. The van der Waals surface area contributed by atoms with Gasteiger partial charge in [0.15, 0.2) is 0 Å². The van der Waals surface area contributed by atoms with Gasteiger partial charge in [-0.1, -0.05) is 30.3 Å². The first-order valence-electron chi connectivity index (χ1n) is 2.71. The number of rotatable bonds is 1. The summed E-state index contributed by atoms with van der Waals surface area (Å²) in [6.45, 7) is 0. The minimum absolute atomic E-state index is 0.889. The minimum Gasteiger partial charge on any atom is -0.515 e. The number of hydrogen-bond donors (Lipinski definition) is 1. The molecule has 1 aromatic rings. The van der Waals surface area contributed by atoms with Gasteiger partial charge in [0, 0.05) is 6.08 Å². The Morgan fingerprint density at radius 2 is 1.89 bits per heavy atom. The zero-order chi connectivity index (χ0) is 6.53. The van der Waals surface area contributed by atoms with Crippen LogP contribution in [0.4, 0.5) is 0 Å². The van der Waals surface area contributed by atoms with Crippen molar-refractivity contribution in [3.63, 3.8) is 0 Å². The maximum Gasteiger partial charge on any atom is 0.0877 e. The molecule has 0 aliphatic heterocycles. The third kappa shape index (κ3) is 1.61. The van der Waals surface area contributed by atoms with Gasteiger partial charge in [0.05, 0.1) is 6.26 Å². The number of benzene rings is 1. The Morgan fingerprint density at radius 3 is 2.44 bits per heavy atom. The summed E-state index contributed by atoms with van der Waals surface area (Å²) in [5.74, 6) is 0. The summed E-state index contributed by atoms with van der Waals surface area (Å²) in [6.07, 6.45) is 3.55. The molecule has 1 radical (unpaired) electrons. The second-order valence-corrected chi connectivity index (χ2v) is 1.64. The van der Waals surface area contributed by atoms with Crippen LogP contribution in [0.5, 0.6) is 0 Å². The lowest BCUT2D eigenvalue weighted by molar-refractivity contribution is 0.471. The predicted molar refractivity (Wildman–Crippen MR) is 36.0 cm³/mol. The molecule has 9 heavy (non-hydrogen) atoms. The van der Waals surface area contributed by atoms with Gasteiger partial charge < -0.3 is 5.11 Å². The second kappa shape index (κ2) is 2.92. The van der Waals surface area contributed by atoms with E-state index in [9.17, 15) is 0 Å². The largest absolute Gasteiger partial charge is 0.515 e. The van der Waals surface area contributed by atoms with Gasteiger partial charge in [-0.2, -0.15) is 0 Å². The van der Waals surface area contributed by atoms with Crippen molar-refractivity contribution in [2.45, 2.75) is 0 Å². The van der Waals surface area contributed by atoms with Gasteiger partial charge in [-0.3, -0.25) is 0 Å². The number of aliphatic hydroxyl groups excluding tert-OH is 1. The lowest BCUT2D eigenvalue weighted by Gasteiger charge is -1.85. The maximum atomic E-state index is 8.28. The average molecular weight is 119 g/mol. The lowest BCUT2D eigenvalue weighted by Crippen LogP contribution is -1.69. The van der Waals surface area contributed by atoms with E-state index in [0.29, 0.717) is 0 Å². The van der Waals surface area contributed by atoms with Gasteiger partial charge in [-0.05, 0) is 5.56 Å². The van der Waals surface area contributed by atoms with Crippen LogP contribution < -0.4 is 0 Å². The molecule has 0 aliphatic carbocycles. The van der Waals surface area contributed by atoms with E-state index in [4.69, 9.17) is 5.11 Å². The normalized spacial score (nSPS) is 10.2.